The minimum Gasteiger partial charge on any atom is -0.444 e. The summed E-state index contributed by atoms with van der Waals surface area (Å²) in [5.41, 5.74) is 0.386. The molecule has 0 aromatic carbocycles. The number of aromatic amines is 1. The van der Waals surface area contributed by atoms with E-state index in [1.165, 1.54) is 13.1 Å². The fourth-order valence-electron chi connectivity index (χ4n) is 2.63. The molecule has 1 aromatic heterocycles. The predicted molar refractivity (Wildman–Crippen MR) is 97.4 cm³/mol. The second-order valence-electron chi connectivity index (χ2n) is 7.42. The molecule has 2 rings (SSSR count). The van der Waals surface area contributed by atoms with E-state index in [0.29, 0.717) is 37.4 Å². The van der Waals surface area contributed by atoms with Crippen molar-refractivity contribution in [2.45, 2.75) is 33.3 Å². The smallest absolute Gasteiger partial charge is 0.410 e. The highest BCUT2D eigenvalue weighted by Gasteiger charge is 2.25. The van der Waals surface area contributed by atoms with Gasteiger partial charge in [0.05, 0.1) is 0 Å². The van der Waals surface area contributed by atoms with Gasteiger partial charge in [-0.05, 0) is 33.8 Å². The van der Waals surface area contributed by atoms with Gasteiger partial charge >= 0.3 is 6.09 Å². The molecule has 1 aromatic rings. The number of nitrogens with one attached hydrogen (secondary N) is 2. The maximum atomic E-state index is 12.1. The number of carbonyl (C=O) groups is 3. The number of hydrogen-bond acceptors (Lipinski definition) is 5. The Hall–Kier alpha value is -2.35. The molecule has 2 heterocycles. The van der Waals surface area contributed by atoms with E-state index in [-0.39, 0.29) is 17.8 Å². The lowest BCUT2D eigenvalue weighted by atomic mass is 10.2. The summed E-state index contributed by atoms with van der Waals surface area (Å²) in [7, 11) is 0. The third-order valence-corrected chi connectivity index (χ3v) is 4.07. The zero-order valence-electron chi connectivity index (χ0n) is 15.9. The van der Waals surface area contributed by atoms with Crippen molar-refractivity contribution < 1.29 is 19.1 Å². The zero-order valence-corrected chi connectivity index (χ0v) is 15.9. The molecule has 2 N–H and O–H groups in total. The van der Waals surface area contributed by atoms with Crippen LogP contribution in [0.3, 0.4) is 0 Å². The van der Waals surface area contributed by atoms with E-state index in [1.807, 2.05) is 20.8 Å². The number of piperazine rings is 1. The third kappa shape index (κ3) is 5.87. The summed E-state index contributed by atoms with van der Waals surface area (Å²) >= 11 is 0. The number of aromatic nitrogens is 1. The molecular formula is C18H28N4O4. The lowest BCUT2D eigenvalue weighted by Gasteiger charge is -2.35. The van der Waals surface area contributed by atoms with Crippen LogP contribution in [0.4, 0.5) is 4.79 Å². The van der Waals surface area contributed by atoms with E-state index in [9.17, 15) is 14.4 Å². The van der Waals surface area contributed by atoms with E-state index in [4.69, 9.17) is 4.74 Å². The highest BCUT2D eigenvalue weighted by molar-refractivity contribution is 5.99. The van der Waals surface area contributed by atoms with Gasteiger partial charge in [-0.1, -0.05) is 0 Å². The van der Waals surface area contributed by atoms with Gasteiger partial charge in [-0.3, -0.25) is 14.5 Å². The molecule has 144 valence electrons. The largest absolute Gasteiger partial charge is 0.444 e. The van der Waals surface area contributed by atoms with Crippen molar-refractivity contribution in [3.8, 4) is 0 Å². The van der Waals surface area contributed by atoms with Crippen LogP contribution >= 0.6 is 0 Å². The van der Waals surface area contributed by atoms with Crippen molar-refractivity contribution in [3.63, 3.8) is 0 Å². The van der Waals surface area contributed by atoms with Crippen LogP contribution in [0.2, 0.25) is 0 Å². The van der Waals surface area contributed by atoms with Gasteiger partial charge in [0.1, 0.15) is 11.3 Å². The summed E-state index contributed by atoms with van der Waals surface area (Å²) in [5.74, 6) is -0.312. The van der Waals surface area contributed by atoms with Crippen molar-refractivity contribution in [2.75, 3.05) is 39.3 Å². The fourth-order valence-corrected chi connectivity index (χ4v) is 2.63. The highest BCUT2D eigenvalue weighted by Crippen LogP contribution is 2.11. The number of amides is 2. The molecule has 0 saturated carbocycles. The standard InChI is InChI=1S/C18H28N4O4/c1-13(23)14-11-15(20-12-14)16(24)19-5-6-21-7-9-22(10-8-21)17(25)26-18(2,3)4/h11-12,20H,5-10H2,1-4H3,(H,19,24). The number of Topliss-reactive ketones (excluding diaryl/α,β-unsaturated/α-hetero) is 1. The molecule has 0 bridgehead atoms. The topological polar surface area (TPSA) is 94.7 Å². The molecule has 8 heteroatoms. The van der Waals surface area contributed by atoms with Gasteiger partial charge in [-0.25, -0.2) is 4.79 Å². The second kappa shape index (κ2) is 8.35. The minimum atomic E-state index is -0.488. The Morgan fingerprint density at radius 2 is 1.85 bits per heavy atom. The molecule has 8 nitrogen and oxygen atoms in total. The maximum absolute atomic E-state index is 12.1. The summed E-state index contributed by atoms with van der Waals surface area (Å²) in [4.78, 5) is 42.1. The van der Waals surface area contributed by atoms with Crippen molar-refractivity contribution in [3.05, 3.63) is 23.5 Å². The lowest BCUT2D eigenvalue weighted by molar-refractivity contribution is 0.0147. The third-order valence-electron chi connectivity index (χ3n) is 4.07. The lowest BCUT2D eigenvalue weighted by Crippen LogP contribution is -2.51. The van der Waals surface area contributed by atoms with Crippen molar-refractivity contribution in [2.24, 2.45) is 0 Å². The average Bonchev–Trinajstić information content (AvgIpc) is 3.04. The molecule has 0 unspecified atom stereocenters. The number of rotatable bonds is 5. The molecule has 2 amide bonds. The quantitative estimate of drug-likeness (QED) is 0.772. The molecule has 0 aliphatic carbocycles. The monoisotopic (exact) mass is 364 g/mol. The summed E-state index contributed by atoms with van der Waals surface area (Å²) in [6, 6.07) is 1.55. The van der Waals surface area contributed by atoms with Crippen molar-refractivity contribution >= 4 is 17.8 Å². The molecule has 0 radical (unpaired) electrons. The highest BCUT2D eigenvalue weighted by atomic mass is 16.6. The summed E-state index contributed by atoms with van der Waals surface area (Å²) in [5, 5.41) is 2.84. The molecule has 1 saturated heterocycles. The number of H-pyrrole nitrogens is 1. The van der Waals surface area contributed by atoms with Crippen LogP contribution < -0.4 is 5.32 Å². The molecule has 26 heavy (non-hydrogen) atoms. The Morgan fingerprint density at radius 1 is 1.19 bits per heavy atom. The number of ether oxygens (including phenoxy) is 1. The zero-order chi connectivity index (χ0) is 19.3. The van der Waals surface area contributed by atoms with Crippen LogP contribution in [0.1, 0.15) is 48.5 Å². The molecule has 1 aliphatic rings. The van der Waals surface area contributed by atoms with Crippen LogP contribution in [0.25, 0.3) is 0 Å². The van der Waals surface area contributed by atoms with Gasteiger partial charge in [0.25, 0.3) is 5.91 Å². The van der Waals surface area contributed by atoms with Crippen molar-refractivity contribution in [1.29, 1.82) is 0 Å². The Morgan fingerprint density at radius 3 is 2.38 bits per heavy atom. The SMILES string of the molecule is CC(=O)c1c[nH]c(C(=O)NCCN2CCN(C(=O)OC(C)(C)C)CC2)c1. The Kier molecular flexibility index (Phi) is 6.42. The number of ketones is 1. The van der Waals surface area contributed by atoms with E-state index < -0.39 is 5.60 Å². The van der Waals surface area contributed by atoms with Crippen LogP contribution in [0.15, 0.2) is 12.3 Å². The van der Waals surface area contributed by atoms with Gasteiger partial charge in [-0.2, -0.15) is 0 Å². The summed E-state index contributed by atoms with van der Waals surface area (Å²) in [6.07, 6.45) is 1.26. The van der Waals surface area contributed by atoms with Gasteiger partial charge < -0.3 is 19.9 Å². The Bertz CT molecular complexity index is 654. The van der Waals surface area contributed by atoms with Gasteiger partial charge in [-0.15, -0.1) is 0 Å². The molecule has 0 spiro atoms. The van der Waals surface area contributed by atoms with E-state index in [1.54, 1.807) is 11.0 Å². The van der Waals surface area contributed by atoms with Crippen LogP contribution in [-0.4, -0.2) is 77.4 Å². The second-order valence-corrected chi connectivity index (χ2v) is 7.42. The van der Waals surface area contributed by atoms with Crippen LogP contribution in [-0.2, 0) is 4.74 Å². The molecule has 1 aliphatic heterocycles. The van der Waals surface area contributed by atoms with Crippen LogP contribution in [0, 0.1) is 0 Å². The van der Waals surface area contributed by atoms with Gasteiger partial charge in [0, 0.05) is 51.0 Å². The predicted octanol–water partition coefficient (Wildman–Crippen LogP) is 1.50. The number of hydrogen-bond donors (Lipinski definition) is 2. The van der Waals surface area contributed by atoms with Gasteiger partial charge in [0.15, 0.2) is 5.78 Å². The van der Waals surface area contributed by atoms with E-state index in [0.717, 1.165) is 13.1 Å². The number of nitrogens with zero attached hydrogens (tertiary/aromatic N) is 2. The fraction of sp³-hybridized carbons (Fsp3) is 0.611. The first-order valence-corrected chi connectivity index (χ1v) is 8.83. The molecular weight excluding hydrogens is 336 g/mol. The summed E-state index contributed by atoms with van der Waals surface area (Å²) < 4.78 is 5.38. The Balaban J connectivity index is 1.69. The first kappa shape index (κ1) is 20.0. The first-order valence-electron chi connectivity index (χ1n) is 8.83. The van der Waals surface area contributed by atoms with Crippen molar-refractivity contribution in [1.82, 2.24) is 20.1 Å². The maximum Gasteiger partial charge on any atom is 0.410 e. The summed E-state index contributed by atoms with van der Waals surface area (Å²) in [6.45, 7) is 10.9. The number of carbonyl (C=O) groups excluding carboxylic acids is 3. The minimum absolute atomic E-state index is 0.0804. The van der Waals surface area contributed by atoms with E-state index in [2.05, 4.69) is 15.2 Å². The normalized spacial score (nSPS) is 15.6. The molecule has 0 atom stereocenters. The van der Waals surface area contributed by atoms with E-state index >= 15 is 0 Å². The first-order chi connectivity index (χ1) is 12.2. The average molecular weight is 364 g/mol. The molecule has 1 fully saturated rings. The van der Waals surface area contributed by atoms with Crippen LogP contribution in [0.5, 0.6) is 0 Å². The van der Waals surface area contributed by atoms with Gasteiger partial charge in [0.2, 0.25) is 0 Å². The Labute approximate surface area is 153 Å².